The van der Waals surface area contributed by atoms with Crippen molar-refractivity contribution in [1.82, 2.24) is 5.32 Å². The van der Waals surface area contributed by atoms with E-state index in [1.165, 1.54) is 0 Å². The Morgan fingerprint density at radius 1 is 0.962 bits per heavy atom. The molecule has 3 N–H and O–H groups in total. The largest absolute Gasteiger partial charge is 0.466 e. The second-order valence-electron chi connectivity index (χ2n) is 5.73. The van der Waals surface area contributed by atoms with Gasteiger partial charge in [-0.3, -0.25) is 14.4 Å². The first-order valence-electron chi connectivity index (χ1n) is 8.38. The van der Waals surface area contributed by atoms with E-state index in [1.54, 1.807) is 6.92 Å². The molecule has 0 radical (unpaired) electrons. The van der Waals surface area contributed by atoms with Gasteiger partial charge in [-0.25, -0.2) is 0 Å². The maximum atomic E-state index is 12.9. The summed E-state index contributed by atoms with van der Waals surface area (Å²) < 4.78 is 4.84. The van der Waals surface area contributed by atoms with Crippen molar-refractivity contribution in [3.05, 3.63) is 71.8 Å². The van der Waals surface area contributed by atoms with Gasteiger partial charge in [0.05, 0.1) is 18.9 Å². The zero-order valence-electron chi connectivity index (χ0n) is 14.6. The first-order valence-corrected chi connectivity index (χ1v) is 8.38. The van der Waals surface area contributed by atoms with Gasteiger partial charge in [0.15, 0.2) is 0 Å². The van der Waals surface area contributed by atoms with Crippen LogP contribution in [0.3, 0.4) is 0 Å². The molecule has 0 aliphatic heterocycles. The van der Waals surface area contributed by atoms with E-state index in [0.717, 1.165) is 11.1 Å². The van der Waals surface area contributed by atoms with Gasteiger partial charge in [-0.2, -0.15) is 0 Å². The van der Waals surface area contributed by atoms with E-state index in [1.807, 2.05) is 60.7 Å². The van der Waals surface area contributed by atoms with Crippen LogP contribution in [0.1, 0.15) is 30.4 Å². The smallest absolute Gasteiger partial charge is 0.308 e. The van der Waals surface area contributed by atoms with Crippen LogP contribution in [0.5, 0.6) is 0 Å². The lowest BCUT2D eigenvalue weighted by molar-refractivity contribution is -0.145. The highest BCUT2D eigenvalue weighted by Gasteiger charge is 2.28. The SMILES string of the molecule is CCOC(=O)C[C@H](NC(=O)C(c1ccccc1)c1ccccc1)C(N)=O. The number of amides is 2. The van der Waals surface area contributed by atoms with E-state index in [4.69, 9.17) is 10.5 Å². The lowest BCUT2D eigenvalue weighted by atomic mass is 9.90. The molecule has 0 aromatic heterocycles. The maximum absolute atomic E-state index is 12.9. The minimum atomic E-state index is -1.13. The number of ether oxygens (including phenoxy) is 1. The van der Waals surface area contributed by atoms with Crippen molar-refractivity contribution >= 4 is 17.8 Å². The Balaban J connectivity index is 2.25. The lowest BCUT2D eigenvalue weighted by Gasteiger charge is -2.21. The van der Waals surface area contributed by atoms with E-state index in [9.17, 15) is 14.4 Å². The zero-order chi connectivity index (χ0) is 18.9. The molecule has 2 aromatic carbocycles. The standard InChI is InChI=1S/C20H22N2O4/c1-2-26-17(23)13-16(19(21)24)22-20(25)18(14-9-5-3-6-10-14)15-11-7-4-8-12-15/h3-12,16,18H,2,13H2,1H3,(H2,21,24)(H,22,25)/t16-/m0/s1. The van der Waals surface area contributed by atoms with E-state index < -0.39 is 29.7 Å². The van der Waals surface area contributed by atoms with Crippen molar-refractivity contribution in [3.8, 4) is 0 Å². The first-order chi connectivity index (χ1) is 12.5. The van der Waals surface area contributed by atoms with Crippen LogP contribution >= 0.6 is 0 Å². The third-order valence-corrected chi connectivity index (χ3v) is 3.86. The molecule has 6 nitrogen and oxygen atoms in total. The normalized spacial score (nSPS) is 11.6. The van der Waals surface area contributed by atoms with Crippen molar-refractivity contribution in [3.63, 3.8) is 0 Å². The molecule has 2 aromatic rings. The Kier molecular flexibility index (Phi) is 6.91. The quantitative estimate of drug-likeness (QED) is 0.706. The number of primary amides is 1. The summed E-state index contributed by atoms with van der Waals surface area (Å²) in [6.45, 7) is 1.85. The Bertz CT molecular complexity index is 707. The van der Waals surface area contributed by atoms with Crippen LogP contribution in [0, 0.1) is 0 Å². The average Bonchev–Trinajstić information content (AvgIpc) is 2.63. The number of nitrogens with one attached hydrogen (secondary N) is 1. The number of nitrogens with two attached hydrogens (primary N) is 1. The molecule has 0 saturated carbocycles. The summed E-state index contributed by atoms with van der Waals surface area (Å²) in [7, 11) is 0. The average molecular weight is 354 g/mol. The van der Waals surface area contributed by atoms with Gasteiger partial charge in [0.1, 0.15) is 6.04 Å². The molecule has 0 saturated heterocycles. The van der Waals surface area contributed by atoms with Crippen LogP contribution in [-0.4, -0.2) is 30.4 Å². The Morgan fingerprint density at radius 3 is 1.88 bits per heavy atom. The Labute approximate surface area is 152 Å². The van der Waals surface area contributed by atoms with Crippen LogP contribution in [0.15, 0.2) is 60.7 Å². The van der Waals surface area contributed by atoms with Gasteiger partial charge in [-0.15, -0.1) is 0 Å². The summed E-state index contributed by atoms with van der Waals surface area (Å²) in [5, 5.41) is 2.59. The van der Waals surface area contributed by atoms with E-state index in [-0.39, 0.29) is 13.0 Å². The number of benzene rings is 2. The minimum Gasteiger partial charge on any atom is -0.466 e. The fourth-order valence-corrected chi connectivity index (χ4v) is 2.65. The first kappa shape index (κ1) is 19.2. The fourth-order valence-electron chi connectivity index (χ4n) is 2.65. The van der Waals surface area contributed by atoms with Gasteiger partial charge in [0.2, 0.25) is 11.8 Å². The number of hydrogen-bond donors (Lipinski definition) is 2. The number of carbonyl (C=O) groups is 3. The molecular formula is C20H22N2O4. The van der Waals surface area contributed by atoms with E-state index in [2.05, 4.69) is 5.32 Å². The summed E-state index contributed by atoms with van der Waals surface area (Å²) in [5.41, 5.74) is 6.89. The lowest BCUT2D eigenvalue weighted by Crippen LogP contribution is -2.47. The fraction of sp³-hybridized carbons (Fsp3) is 0.250. The van der Waals surface area contributed by atoms with Crippen LogP contribution in [0.25, 0.3) is 0 Å². The molecule has 0 aliphatic carbocycles. The molecule has 0 fully saturated rings. The zero-order valence-corrected chi connectivity index (χ0v) is 14.6. The number of esters is 1. The number of carbonyl (C=O) groups excluding carboxylic acids is 3. The molecule has 0 heterocycles. The van der Waals surface area contributed by atoms with Crippen molar-refractivity contribution in [1.29, 1.82) is 0 Å². The molecule has 0 bridgehead atoms. The molecule has 6 heteroatoms. The molecule has 0 aliphatic rings. The third kappa shape index (κ3) is 5.17. The van der Waals surface area contributed by atoms with Gasteiger partial charge in [-0.1, -0.05) is 60.7 Å². The van der Waals surface area contributed by atoms with Gasteiger partial charge in [0.25, 0.3) is 0 Å². The summed E-state index contributed by atoms with van der Waals surface area (Å²) in [4.78, 5) is 36.3. The van der Waals surface area contributed by atoms with Gasteiger partial charge in [0, 0.05) is 0 Å². The van der Waals surface area contributed by atoms with Crippen molar-refractivity contribution < 1.29 is 19.1 Å². The molecule has 2 rings (SSSR count). The molecule has 2 amide bonds. The second-order valence-corrected chi connectivity index (χ2v) is 5.73. The summed E-state index contributed by atoms with van der Waals surface area (Å²) >= 11 is 0. The minimum absolute atomic E-state index is 0.189. The summed E-state index contributed by atoms with van der Waals surface area (Å²) in [5.74, 6) is -2.41. The Hall–Kier alpha value is -3.15. The van der Waals surface area contributed by atoms with E-state index >= 15 is 0 Å². The highest BCUT2D eigenvalue weighted by Crippen LogP contribution is 2.25. The number of rotatable bonds is 8. The highest BCUT2D eigenvalue weighted by atomic mass is 16.5. The highest BCUT2D eigenvalue weighted by molar-refractivity contribution is 5.93. The van der Waals surface area contributed by atoms with Crippen molar-refractivity contribution in [2.45, 2.75) is 25.3 Å². The van der Waals surface area contributed by atoms with Crippen LogP contribution in [0.2, 0.25) is 0 Å². The van der Waals surface area contributed by atoms with Crippen LogP contribution in [0.4, 0.5) is 0 Å². The molecule has 136 valence electrons. The topological polar surface area (TPSA) is 98.5 Å². The molecule has 0 spiro atoms. The monoisotopic (exact) mass is 354 g/mol. The summed E-state index contributed by atoms with van der Waals surface area (Å²) in [6.07, 6.45) is -0.300. The molecule has 26 heavy (non-hydrogen) atoms. The van der Waals surface area contributed by atoms with Crippen LogP contribution in [-0.2, 0) is 19.1 Å². The maximum Gasteiger partial charge on any atom is 0.308 e. The van der Waals surface area contributed by atoms with Crippen LogP contribution < -0.4 is 11.1 Å². The van der Waals surface area contributed by atoms with E-state index in [0.29, 0.717) is 0 Å². The van der Waals surface area contributed by atoms with Gasteiger partial charge < -0.3 is 15.8 Å². The predicted octanol–water partition coefficient (Wildman–Crippen LogP) is 1.74. The van der Waals surface area contributed by atoms with Gasteiger partial charge in [-0.05, 0) is 18.1 Å². The Morgan fingerprint density at radius 2 is 1.46 bits per heavy atom. The molecule has 0 unspecified atom stereocenters. The molecular weight excluding hydrogens is 332 g/mol. The predicted molar refractivity (Wildman–Crippen MR) is 97.1 cm³/mol. The molecule has 1 atom stereocenters. The summed E-state index contributed by atoms with van der Waals surface area (Å²) in [6, 6.07) is 17.3. The van der Waals surface area contributed by atoms with Crippen molar-refractivity contribution in [2.75, 3.05) is 6.61 Å². The van der Waals surface area contributed by atoms with Crippen molar-refractivity contribution in [2.24, 2.45) is 5.73 Å². The van der Waals surface area contributed by atoms with Gasteiger partial charge >= 0.3 is 5.97 Å². The second kappa shape index (κ2) is 9.36. The number of hydrogen-bond acceptors (Lipinski definition) is 4. The third-order valence-electron chi connectivity index (χ3n) is 3.86.